The molecular weight excluding hydrogens is 272 g/mol. The topological polar surface area (TPSA) is 26.3 Å². The van der Waals surface area contributed by atoms with E-state index in [9.17, 15) is 4.79 Å². The van der Waals surface area contributed by atoms with Gasteiger partial charge >= 0.3 is 0 Å². The van der Waals surface area contributed by atoms with Crippen LogP contribution in [0.5, 0.6) is 5.75 Å². The average Bonchev–Trinajstić information content (AvgIpc) is 2.61. The van der Waals surface area contributed by atoms with Crippen LogP contribution in [0.4, 0.5) is 0 Å². The largest absolute Gasteiger partial charge is 0.489 e. The highest BCUT2D eigenvalue weighted by Gasteiger charge is 2.22. The molecule has 1 fully saturated rings. The van der Waals surface area contributed by atoms with Crippen molar-refractivity contribution in [2.24, 2.45) is 5.92 Å². The number of carbonyl (C=O) groups excluding carboxylic acids is 1. The summed E-state index contributed by atoms with van der Waals surface area (Å²) in [5, 5.41) is 0. The first-order valence-electron chi connectivity index (χ1n) is 8.14. The standard InChI is InChI=1S/C20H22O2/c21-20(17-10-5-2-6-11-17)18-12-7-13-19(14-18)22-15-16-8-3-1-4-9-16/h1,3-4,7-9,12-14,17H,2,5-6,10-11,15H2. The molecule has 0 atom stereocenters. The molecule has 0 radical (unpaired) electrons. The molecular formula is C20H22O2. The zero-order chi connectivity index (χ0) is 15.2. The van der Waals surface area contributed by atoms with E-state index in [2.05, 4.69) is 0 Å². The highest BCUT2D eigenvalue weighted by atomic mass is 16.5. The van der Waals surface area contributed by atoms with E-state index in [1.807, 2.05) is 54.6 Å². The molecule has 1 saturated carbocycles. The van der Waals surface area contributed by atoms with Gasteiger partial charge in [0.05, 0.1) is 0 Å². The molecule has 2 heteroatoms. The molecule has 1 aliphatic carbocycles. The number of hydrogen-bond donors (Lipinski definition) is 0. The van der Waals surface area contributed by atoms with Crippen LogP contribution in [0.15, 0.2) is 54.6 Å². The summed E-state index contributed by atoms with van der Waals surface area (Å²) in [4.78, 5) is 12.6. The van der Waals surface area contributed by atoms with Crippen molar-refractivity contribution in [1.29, 1.82) is 0 Å². The second-order valence-corrected chi connectivity index (χ2v) is 6.00. The lowest BCUT2D eigenvalue weighted by Gasteiger charge is -2.20. The molecule has 3 rings (SSSR count). The van der Waals surface area contributed by atoms with Crippen LogP contribution in [-0.4, -0.2) is 5.78 Å². The van der Waals surface area contributed by atoms with Crippen LogP contribution in [0.2, 0.25) is 0 Å². The summed E-state index contributed by atoms with van der Waals surface area (Å²) in [7, 11) is 0. The Bertz CT molecular complexity index is 613. The second kappa shape index (κ2) is 7.26. The Morgan fingerprint density at radius 3 is 2.50 bits per heavy atom. The summed E-state index contributed by atoms with van der Waals surface area (Å²) >= 11 is 0. The van der Waals surface area contributed by atoms with E-state index in [1.54, 1.807) is 0 Å². The van der Waals surface area contributed by atoms with Crippen LogP contribution in [0.3, 0.4) is 0 Å². The molecule has 0 aliphatic heterocycles. The molecule has 1 aliphatic rings. The molecule has 0 amide bonds. The van der Waals surface area contributed by atoms with E-state index in [0.717, 1.165) is 29.7 Å². The van der Waals surface area contributed by atoms with Crippen molar-refractivity contribution in [3.8, 4) is 5.75 Å². The van der Waals surface area contributed by atoms with Gasteiger partial charge in [0.15, 0.2) is 5.78 Å². The predicted molar refractivity (Wildman–Crippen MR) is 88.1 cm³/mol. The normalized spacial score (nSPS) is 15.5. The van der Waals surface area contributed by atoms with Gasteiger partial charge in [0.1, 0.15) is 12.4 Å². The van der Waals surface area contributed by atoms with Crippen molar-refractivity contribution < 1.29 is 9.53 Å². The van der Waals surface area contributed by atoms with Crippen molar-refractivity contribution in [2.45, 2.75) is 38.7 Å². The van der Waals surface area contributed by atoms with E-state index >= 15 is 0 Å². The molecule has 0 aromatic heterocycles. The summed E-state index contributed by atoms with van der Waals surface area (Å²) < 4.78 is 5.82. The van der Waals surface area contributed by atoms with E-state index in [1.165, 1.54) is 19.3 Å². The van der Waals surface area contributed by atoms with Gasteiger partial charge in [-0.25, -0.2) is 0 Å². The fourth-order valence-corrected chi connectivity index (χ4v) is 3.08. The van der Waals surface area contributed by atoms with Gasteiger partial charge in [-0.3, -0.25) is 4.79 Å². The number of ether oxygens (including phenoxy) is 1. The van der Waals surface area contributed by atoms with Crippen molar-refractivity contribution in [2.75, 3.05) is 0 Å². The molecule has 2 aromatic rings. The molecule has 0 unspecified atom stereocenters. The lowest BCUT2D eigenvalue weighted by Crippen LogP contribution is -2.17. The van der Waals surface area contributed by atoms with Gasteiger partial charge in [-0.05, 0) is 30.5 Å². The maximum atomic E-state index is 12.6. The minimum absolute atomic E-state index is 0.207. The molecule has 114 valence electrons. The summed E-state index contributed by atoms with van der Waals surface area (Å²) in [6.07, 6.45) is 5.70. The second-order valence-electron chi connectivity index (χ2n) is 6.00. The monoisotopic (exact) mass is 294 g/mol. The zero-order valence-corrected chi connectivity index (χ0v) is 12.8. The highest BCUT2D eigenvalue weighted by Crippen LogP contribution is 2.28. The first kappa shape index (κ1) is 14.8. The lowest BCUT2D eigenvalue weighted by atomic mass is 9.84. The Hall–Kier alpha value is -2.09. The van der Waals surface area contributed by atoms with Crippen molar-refractivity contribution >= 4 is 5.78 Å². The number of rotatable bonds is 5. The number of ketones is 1. The van der Waals surface area contributed by atoms with Gasteiger partial charge < -0.3 is 4.74 Å². The molecule has 22 heavy (non-hydrogen) atoms. The maximum absolute atomic E-state index is 12.6. The van der Waals surface area contributed by atoms with Crippen LogP contribution in [0, 0.1) is 5.92 Å². The summed E-state index contributed by atoms with van der Waals surface area (Å²) in [5.41, 5.74) is 1.92. The number of hydrogen-bond acceptors (Lipinski definition) is 2. The molecule has 0 spiro atoms. The minimum atomic E-state index is 0.207. The number of carbonyl (C=O) groups is 1. The third-order valence-corrected chi connectivity index (χ3v) is 4.34. The number of benzene rings is 2. The third-order valence-electron chi connectivity index (χ3n) is 4.34. The van der Waals surface area contributed by atoms with E-state index in [-0.39, 0.29) is 11.7 Å². The Morgan fingerprint density at radius 2 is 1.73 bits per heavy atom. The fourth-order valence-electron chi connectivity index (χ4n) is 3.08. The molecule has 0 bridgehead atoms. The van der Waals surface area contributed by atoms with Crippen molar-refractivity contribution in [3.63, 3.8) is 0 Å². The van der Waals surface area contributed by atoms with Crippen LogP contribution in [0.25, 0.3) is 0 Å². The zero-order valence-electron chi connectivity index (χ0n) is 12.8. The van der Waals surface area contributed by atoms with Crippen LogP contribution >= 0.6 is 0 Å². The molecule has 2 nitrogen and oxygen atoms in total. The van der Waals surface area contributed by atoms with Gasteiger partial charge in [-0.2, -0.15) is 0 Å². The van der Waals surface area contributed by atoms with Gasteiger partial charge in [0.2, 0.25) is 0 Å². The summed E-state index contributed by atoms with van der Waals surface area (Å²) in [6, 6.07) is 17.7. The average molecular weight is 294 g/mol. The van der Waals surface area contributed by atoms with Crippen LogP contribution in [0.1, 0.15) is 48.0 Å². The quantitative estimate of drug-likeness (QED) is 0.723. The Morgan fingerprint density at radius 1 is 0.955 bits per heavy atom. The predicted octanol–water partition coefficient (Wildman–Crippen LogP) is 5.03. The Kier molecular flexibility index (Phi) is 4.89. The minimum Gasteiger partial charge on any atom is -0.489 e. The lowest BCUT2D eigenvalue weighted by molar-refractivity contribution is 0.0889. The Labute approximate surface area is 132 Å². The molecule has 2 aromatic carbocycles. The highest BCUT2D eigenvalue weighted by molar-refractivity contribution is 5.98. The van der Waals surface area contributed by atoms with Gasteiger partial charge in [0.25, 0.3) is 0 Å². The molecule has 0 N–H and O–H groups in total. The van der Waals surface area contributed by atoms with E-state index in [4.69, 9.17) is 4.74 Å². The molecule has 0 saturated heterocycles. The third kappa shape index (κ3) is 3.76. The maximum Gasteiger partial charge on any atom is 0.166 e. The summed E-state index contributed by atoms with van der Waals surface area (Å²) in [5.74, 6) is 1.26. The van der Waals surface area contributed by atoms with Gasteiger partial charge in [-0.1, -0.05) is 61.7 Å². The molecule has 0 heterocycles. The Balaban J connectivity index is 1.65. The first-order chi connectivity index (χ1) is 10.8. The first-order valence-corrected chi connectivity index (χ1v) is 8.14. The van der Waals surface area contributed by atoms with E-state index < -0.39 is 0 Å². The van der Waals surface area contributed by atoms with Crippen molar-refractivity contribution in [3.05, 3.63) is 65.7 Å². The van der Waals surface area contributed by atoms with Crippen LogP contribution in [-0.2, 0) is 6.61 Å². The SMILES string of the molecule is O=C(c1cccc(OCc2ccccc2)c1)C1CCCCC1. The van der Waals surface area contributed by atoms with Crippen LogP contribution < -0.4 is 4.74 Å². The van der Waals surface area contributed by atoms with Gasteiger partial charge in [-0.15, -0.1) is 0 Å². The fraction of sp³-hybridized carbons (Fsp3) is 0.350. The summed E-state index contributed by atoms with van der Waals surface area (Å²) in [6.45, 7) is 0.530. The van der Waals surface area contributed by atoms with E-state index in [0.29, 0.717) is 6.61 Å². The number of Topliss-reactive ketones (excluding diaryl/α,β-unsaturated/α-hetero) is 1. The smallest absolute Gasteiger partial charge is 0.166 e. The van der Waals surface area contributed by atoms with Crippen molar-refractivity contribution in [1.82, 2.24) is 0 Å². The van der Waals surface area contributed by atoms with Gasteiger partial charge in [0, 0.05) is 11.5 Å².